The molecule has 3 aromatic rings. The monoisotopic (exact) mass is 391 g/mol. The molecule has 0 radical (unpaired) electrons. The number of anilines is 1. The third kappa shape index (κ3) is 4.74. The van der Waals surface area contributed by atoms with Gasteiger partial charge in [-0.05, 0) is 62.7 Å². The normalized spacial score (nSPS) is 11.1. The molecule has 2 aromatic carbocycles. The standard InChI is InChI=1S/C24H25NO4/c1-4-25(5-2)19-11-10-18-15-21(24(27)29-23(18)16-19)22(26)14-9-17-7-12-20(13-8-17)28-6-3/h7-16H,4-6H2,1-3H3. The summed E-state index contributed by atoms with van der Waals surface area (Å²) in [6.07, 6.45) is 3.06. The lowest BCUT2D eigenvalue weighted by Gasteiger charge is -2.20. The first-order valence-electron chi connectivity index (χ1n) is 9.83. The zero-order chi connectivity index (χ0) is 20.8. The van der Waals surface area contributed by atoms with Gasteiger partial charge >= 0.3 is 5.63 Å². The molecule has 1 heterocycles. The van der Waals surface area contributed by atoms with E-state index in [1.165, 1.54) is 6.08 Å². The average molecular weight is 391 g/mol. The molecule has 0 amide bonds. The van der Waals surface area contributed by atoms with Crippen molar-refractivity contribution in [2.45, 2.75) is 20.8 Å². The van der Waals surface area contributed by atoms with E-state index in [1.54, 1.807) is 12.1 Å². The Balaban J connectivity index is 1.84. The number of rotatable bonds is 8. The first kappa shape index (κ1) is 20.4. The Bertz CT molecular complexity index is 1080. The topological polar surface area (TPSA) is 59.8 Å². The molecule has 0 aliphatic carbocycles. The molecule has 0 unspecified atom stereocenters. The molecule has 0 saturated carbocycles. The van der Waals surface area contributed by atoms with E-state index in [1.807, 2.05) is 49.4 Å². The number of nitrogens with zero attached hydrogens (tertiary/aromatic N) is 1. The highest BCUT2D eigenvalue weighted by molar-refractivity contribution is 6.07. The second-order valence-electron chi connectivity index (χ2n) is 6.54. The molecule has 0 atom stereocenters. The highest BCUT2D eigenvalue weighted by Gasteiger charge is 2.12. The van der Waals surface area contributed by atoms with Crippen LogP contribution in [-0.2, 0) is 0 Å². The number of hydrogen-bond acceptors (Lipinski definition) is 5. The van der Waals surface area contributed by atoms with Gasteiger partial charge < -0.3 is 14.1 Å². The largest absolute Gasteiger partial charge is 0.494 e. The number of ether oxygens (including phenoxy) is 1. The van der Waals surface area contributed by atoms with Crippen LogP contribution in [0, 0.1) is 0 Å². The summed E-state index contributed by atoms with van der Waals surface area (Å²) in [5.41, 5.74) is 1.70. The van der Waals surface area contributed by atoms with Crippen LogP contribution in [0.3, 0.4) is 0 Å². The van der Waals surface area contributed by atoms with Gasteiger partial charge in [-0.1, -0.05) is 18.2 Å². The Hall–Kier alpha value is -3.34. The first-order chi connectivity index (χ1) is 14.0. The fraction of sp³-hybridized carbons (Fsp3) is 0.250. The summed E-state index contributed by atoms with van der Waals surface area (Å²) in [7, 11) is 0. The molecule has 29 heavy (non-hydrogen) atoms. The molecule has 0 spiro atoms. The molecular formula is C24H25NO4. The van der Waals surface area contributed by atoms with E-state index in [0.29, 0.717) is 12.2 Å². The van der Waals surface area contributed by atoms with Gasteiger partial charge in [0.05, 0.1) is 6.61 Å². The van der Waals surface area contributed by atoms with E-state index in [9.17, 15) is 9.59 Å². The van der Waals surface area contributed by atoms with Crippen molar-refractivity contribution < 1.29 is 13.9 Å². The van der Waals surface area contributed by atoms with Crippen molar-refractivity contribution in [2.24, 2.45) is 0 Å². The number of fused-ring (bicyclic) bond motifs is 1. The van der Waals surface area contributed by atoms with Crippen molar-refractivity contribution in [3.8, 4) is 5.75 Å². The summed E-state index contributed by atoms with van der Waals surface area (Å²) < 4.78 is 10.8. The molecule has 5 nitrogen and oxygen atoms in total. The molecule has 0 fully saturated rings. The summed E-state index contributed by atoms with van der Waals surface area (Å²) in [5, 5.41) is 0.721. The third-order valence-electron chi connectivity index (χ3n) is 4.73. The van der Waals surface area contributed by atoms with E-state index in [-0.39, 0.29) is 11.3 Å². The zero-order valence-electron chi connectivity index (χ0n) is 17.0. The maximum Gasteiger partial charge on any atom is 0.347 e. The molecule has 150 valence electrons. The summed E-state index contributed by atoms with van der Waals surface area (Å²) >= 11 is 0. The fourth-order valence-electron chi connectivity index (χ4n) is 3.16. The SMILES string of the molecule is CCOc1ccc(C=CC(=O)c2cc3ccc(N(CC)CC)cc3oc2=O)cc1. The summed E-state index contributed by atoms with van der Waals surface area (Å²) in [6, 6.07) is 14.7. The molecule has 0 aliphatic heterocycles. The second-order valence-corrected chi connectivity index (χ2v) is 6.54. The van der Waals surface area contributed by atoms with Crippen LogP contribution in [0.4, 0.5) is 5.69 Å². The van der Waals surface area contributed by atoms with Crippen LogP contribution in [0.2, 0.25) is 0 Å². The fourth-order valence-corrected chi connectivity index (χ4v) is 3.16. The molecule has 0 saturated heterocycles. The van der Waals surface area contributed by atoms with Gasteiger partial charge in [0, 0.05) is 30.2 Å². The van der Waals surface area contributed by atoms with E-state index >= 15 is 0 Å². The lowest BCUT2D eigenvalue weighted by molar-refractivity contribution is 0.104. The number of carbonyl (C=O) groups is 1. The van der Waals surface area contributed by atoms with Gasteiger partial charge in [0.15, 0.2) is 5.78 Å². The van der Waals surface area contributed by atoms with Gasteiger partial charge in [-0.3, -0.25) is 4.79 Å². The Kier molecular flexibility index (Phi) is 6.50. The summed E-state index contributed by atoms with van der Waals surface area (Å²) in [6.45, 7) is 8.39. The number of benzene rings is 2. The smallest absolute Gasteiger partial charge is 0.347 e. The Morgan fingerprint density at radius 3 is 2.41 bits per heavy atom. The lowest BCUT2D eigenvalue weighted by Crippen LogP contribution is -2.21. The molecular weight excluding hydrogens is 366 g/mol. The zero-order valence-corrected chi connectivity index (χ0v) is 17.0. The van der Waals surface area contributed by atoms with Crippen molar-refractivity contribution in [1.82, 2.24) is 0 Å². The van der Waals surface area contributed by atoms with Crippen molar-refractivity contribution in [1.29, 1.82) is 0 Å². The Morgan fingerprint density at radius 1 is 1.03 bits per heavy atom. The second kappa shape index (κ2) is 9.24. The molecule has 5 heteroatoms. The highest BCUT2D eigenvalue weighted by atomic mass is 16.5. The van der Waals surface area contributed by atoms with Crippen molar-refractivity contribution >= 4 is 28.5 Å². The average Bonchev–Trinajstić information content (AvgIpc) is 2.73. The van der Waals surface area contributed by atoms with Crippen molar-refractivity contribution in [3.63, 3.8) is 0 Å². The number of ketones is 1. The van der Waals surface area contributed by atoms with Gasteiger partial charge in [0.1, 0.15) is 16.9 Å². The van der Waals surface area contributed by atoms with Crippen LogP contribution in [0.25, 0.3) is 17.0 Å². The minimum absolute atomic E-state index is 0.0234. The molecule has 1 aromatic heterocycles. The quantitative estimate of drug-likeness (QED) is 0.309. The molecule has 0 aliphatic rings. The van der Waals surface area contributed by atoms with Crippen LogP contribution in [0.1, 0.15) is 36.7 Å². The predicted octanol–water partition coefficient (Wildman–Crippen LogP) is 4.93. The van der Waals surface area contributed by atoms with E-state index in [4.69, 9.17) is 9.15 Å². The highest BCUT2D eigenvalue weighted by Crippen LogP contribution is 2.22. The van der Waals surface area contributed by atoms with Gasteiger partial charge in [-0.2, -0.15) is 0 Å². The predicted molar refractivity (Wildman–Crippen MR) is 117 cm³/mol. The van der Waals surface area contributed by atoms with Crippen molar-refractivity contribution in [2.75, 3.05) is 24.6 Å². The van der Waals surface area contributed by atoms with Gasteiger partial charge in [-0.25, -0.2) is 4.79 Å². The Labute approximate surface area is 170 Å². The third-order valence-corrected chi connectivity index (χ3v) is 4.73. The minimum atomic E-state index is -0.629. The number of carbonyl (C=O) groups excluding carboxylic acids is 1. The Morgan fingerprint density at radius 2 is 1.76 bits per heavy atom. The van der Waals surface area contributed by atoms with Crippen LogP contribution in [0.5, 0.6) is 5.75 Å². The maximum absolute atomic E-state index is 12.5. The van der Waals surface area contributed by atoms with Gasteiger partial charge in [0.25, 0.3) is 0 Å². The van der Waals surface area contributed by atoms with Crippen molar-refractivity contribution in [3.05, 3.63) is 76.2 Å². The van der Waals surface area contributed by atoms with E-state index in [0.717, 1.165) is 35.5 Å². The van der Waals surface area contributed by atoms with Crippen LogP contribution in [0.15, 0.2) is 63.8 Å². The lowest BCUT2D eigenvalue weighted by atomic mass is 10.1. The van der Waals surface area contributed by atoms with E-state index in [2.05, 4.69) is 18.7 Å². The maximum atomic E-state index is 12.5. The van der Waals surface area contributed by atoms with Crippen LogP contribution in [-0.4, -0.2) is 25.5 Å². The summed E-state index contributed by atoms with van der Waals surface area (Å²) in [4.78, 5) is 27.1. The van der Waals surface area contributed by atoms with Gasteiger partial charge in [-0.15, -0.1) is 0 Å². The molecule has 3 rings (SSSR count). The molecule has 0 bridgehead atoms. The number of hydrogen-bond donors (Lipinski definition) is 0. The van der Waals surface area contributed by atoms with E-state index < -0.39 is 5.63 Å². The van der Waals surface area contributed by atoms with Crippen LogP contribution >= 0.6 is 0 Å². The summed E-state index contributed by atoms with van der Waals surface area (Å²) in [5.74, 6) is 0.387. The first-order valence-corrected chi connectivity index (χ1v) is 9.83. The number of allylic oxidation sites excluding steroid dienone is 1. The molecule has 0 N–H and O–H groups in total. The minimum Gasteiger partial charge on any atom is -0.494 e. The van der Waals surface area contributed by atoms with Gasteiger partial charge in [0.2, 0.25) is 0 Å². The van der Waals surface area contributed by atoms with Crippen LogP contribution < -0.4 is 15.3 Å².